The molecule has 1 aromatic heterocycles. The Bertz CT molecular complexity index is 316. The van der Waals surface area contributed by atoms with Crippen molar-refractivity contribution >= 4 is 17.6 Å². The van der Waals surface area contributed by atoms with E-state index in [1.165, 1.54) is 17.9 Å². The smallest absolute Gasteiger partial charge is 0.128 e. The molecule has 4 heteroatoms. The molecule has 3 nitrogen and oxygen atoms in total. The van der Waals surface area contributed by atoms with Crippen molar-refractivity contribution < 1.29 is 0 Å². The van der Waals surface area contributed by atoms with Gasteiger partial charge in [-0.15, -0.1) is 0 Å². The average Bonchev–Trinajstić information content (AvgIpc) is 2.57. The first-order chi connectivity index (χ1) is 7.77. The molecule has 1 saturated heterocycles. The van der Waals surface area contributed by atoms with Crippen LogP contribution in [0.5, 0.6) is 0 Å². The largest absolute Gasteiger partial charge is 0.356 e. The maximum Gasteiger partial charge on any atom is 0.128 e. The molecule has 0 bridgehead atoms. The Hall–Kier alpha value is -0.740. The van der Waals surface area contributed by atoms with Gasteiger partial charge in [-0.05, 0) is 30.7 Å². The fourth-order valence-corrected chi connectivity index (χ4v) is 2.72. The zero-order valence-corrected chi connectivity index (χ0v) is 10.5. The van der Waals surface area contributed by atoms with E-state index in [0.717, 1.165) is 24.5 Å². The summed E-state index contributed by atoms with van der Waals surface area (Å²) in [5, 5.41) is 0. The molecule has 0 radical (unpaired) electrons. The van der Waals surface area contributed by atoms with Gasteiger partial charge < -0.3 is 10.6 Å². The quantitative estimate of drug-likeness (QED) is 0.855. The topological polar surface area (TPSA) is 42.1 Å². The summed E-state index contributed by atoms with van der Waals surface area (Å²) in [6, 6.07) is 4.25. The van der Waals surface area contributed by atoms with Crippen molar-refractivity contribution in [2.24, 2.45) is 5.73 Å². The van der Waals surface area contributed by atoms with E-state index in [9.17, 15) is 0 Å². The molecule has 88 valence electrons. The second kappa shape index (κ2) is 5.55. The van der Waals surface area contributed by atoms with E-state index in [1.54, 1.807) is 0 Å². The van der Waals surface area contributed by atoms with Gasteiger partial charge in [-0.3, -0.25) is 0 Å². The second-order valence-corrected chi connectivity index (χ2v) is 5.42. The molecule has 0 spiro atoms. The van der Waals surface area contributed by atoms with Crippen molar-refractivity contribution in [2.45, 2.75) is 19.4 Å². The number of anilines is 1. The highest BCUT2D eigenvalue weighted by atomic mass is 32.2. The van der Waals surface area contributed by atoms with Crippen LogP contribution in [0.1, 0.15) is 24.9 Å². The number of hydrogen-bond acceptors (Lipinski definition) is 4. The Kier molecular flexibility index (Phi) is 4.07. The van der Waals surface area contributed by atoms with Crippen LogP contribution in [-0.2, 0) is 0 Å². The number of pyridine rings is 1. The highest BCUT2D eigenvalue weighted by molar-refractivity contribution is 7.99. The predicted molar refractivity (Wildman–Crippen MR) is 71.0 cm³/mol. The zero-order chi connectivity index (χ0) is 11.4. The zero-order valence-electron chi connectivity index (χ0n) is 9.72. The van der Waals surface area contributed by atoms with Gasteiger partial charge in [0, 0.05) is 31.1 Å². The van der Waals surface area contributed by atoms with E-state index in [-0.39, 0.29) is 6.04 Å². The monoisotopic (exact) mass is 237 g/mol. The van der Waals surface area contributed by atoms with Gasteiger partial charge in [0.05, 0.1) is 0 Å². The lowest BCUT2D eigenvalue weighted by molar-refractivity contribution is 0.786. The third kappa shape index (κ3) is 2.89. The first-order valence-corrected chi connectivity index (χ1v) is 6.97. The van der Waals surface area contributed by atoms with Crippen LogP contribution in [0.2, 0.25) is 0 Å². The van der Waals surface area contributed by atoms with E-state index in [4.69, 9.17) is 5.73 Å². The molecule has 1 aliphatic heterocycles. The summed E-state index contributed by atoms with van der Waals surface area (Å²) in [5.41, 5.74) is 6.91. The first-order valence-electron chi connectivity index (χ1n) is 5.81. The fourth-order valence-electron chi connectivity index (χ4n) is 1.83. The Labute approximate surface area is 101 Å². The van der Waals surface area contributed by atoms with Crippen molar-refractivity contribution in [3.05, 3.63) is 23.9 Å². The number of aromatic nitrogens is 1. The molecule has 2 rings (SSSR count). The molecule has 1 unspecified atom stereocenters. The van der Waals surface area contributed by atoms with Gasteiger partial charge in [0.15, 0.2) is 0 Å². The van der Waals surface area contributed by atoms with Gasteiger partial charge in [0.1, 0.15) is 5.82 Å². The number of rotatable bonds is 2. The first kappa shape index (κ1) is 11.7. The van der Waals surface area contributed by atoms with Crippen LogP contribution < -0.4 is 10.6 Å². The Morgan fingerprint density at radius 2 is 2.25 bits per heavy atom. The van der Waals surface area contributed by atoms with E-state index < -0.39 is 0 Å². The minimum atomic E-state index is 0.0706. The van der Waals surface area contributed by atoms with Crippen LogP contribution in [0.3, 0.4) is 0 Å². The molecular weight excluding hydrogens is 218 g/mol. The van der Waals surface area contributed by atoms with Crippen LogP contribution in [0, 0.1) is 0 Å². The molecule has 1 fully saturated rings. The Morgan fingerprint density at radius 1 is 1.38 bits per heavy atom. The maximum absolute atomic E-state index is 5.81. The average molecular weight is 237 g/mol. The van der Waals surface area contributed by atoms with E-state index in [0.29, 0.717) is 0 Å². The van der Waals surface area contributed by atoms with Crippen LogP contribution in [0.4, 0.5) is 5.82 Å². The summed E-state index contributed by atoms with van der Waals surface area (Å²) in [5.74, 6) is 3.57. The van der Waals surface area contributed by atoms with Crippen LogP contribution >= 0.6 is 11.8 Å². The van der Waals surface area contributed by atoms with Gasteiger partial charge in [-0.25, -0.2) is 4.98 Å². The van der Waals surface area contributed by atoms with Crippen LogP contribution in [-0.4, -0.2) is 29.6 Å². The van der Waals surface area contributed by atoms with E-state index in [2.05, 4.69) is 22.0 Å². The van der Waals surface area contributed by atoms with Crippen LogP contribution in [0.25, 0.3) is 0 Å². The summed E-state index contributed by atoms with van der Waals surface area (Å²) in [6.45, 7) is 4.21. The number of hydrogen-bond donors (Lipinski definition) is 1. The SMILES string of the molecule is CC(N)c1ccc(N2CCCSCC2)nc1. The summed E-state index contributed by atoms with van der Waals surface area (Å²) in [4.78, 5) is 6.87. The lowest BCUT2D eigenvalue weighted by Crippen LogP contribution is -2.26. The van der Waals surface area contributed by atoms with Crippen LogP contribution in [0.15, 0.2) is 18.3 Å². The van der Waals surface area contributed by atoms with E-state index >= 15 is 0 Å². The Morgan fingerprint density at radius 3 is 2.94 bits per heavy atom. The predicted octanol–water partition coefficient (Wildman–Crippen LogP) is 2.04. The lowest BCUT2D eigenvalue weighted by Gasteiger charge is -2.21. The minimum absolute atomic E-state index is 0.0706. The van der Waals surface area contributed by atoms with Crippen molar-refractivity contribution in [3.63, 3.8) is 0 Å². The van der Waals surface area contributed by atoms with E-state index in [1.807, 2.05) is 24.9 Å². The molecule has 2 heterocycles. The molecule has 1 aliphatic rings. The molecule has 1 aromatic rings. The number of nitrogens with two attached hydrogens (primary N) is 1. The molecule has 0 aromatic carbocycles. The lowest BCUT2D eigenvalue weighted by atomic mass is 10.1. The maximum atomic E-state index is 5.81. The van der Waals surface area contributed by atoms with Gasteiger partial charge >= 0.3 is 0 Å². The third-order valence-corrected chi connectivity index (χ3v) is 3.89. The number of nitrogens with zero attached hydrogens (tertiary/aromatic N) is 2. The Balaban J connectivity index is 2.07. The summed E-state index contributed by atoms with van der Waals surface area (Å²) in [6.07, 6.45) is 3.15. The molecule has 1 atom stereocenters. The second-order valence-electron chi connectivity index (χ2n) is 4.19. The minimum Gasteiger partial charge on any atom is -0.356 e. The van der Waals surface area contributed by atoms with Crippen molar-refractivity contribution in [1.82, 2.24) is 4.98 Å². The van der Waals surface area contributed by atoms with Gasteiger partial charge in [-0.1, -0.05) is 6.07 Å². The summed E-state index contributed by atoms with van der Waals surface area (Å²) < 4.78 is 0. The molecule has 0 aliphatic carbocycles. The highest BCUT2D eigenvalue weighted by Gasteiger charge is 2.11. The molecule has 16 heavy (non-hydrogen) atoms. The normalized spacial score (nSPS) is 19.2. The van der Waals surface area contributed by atoms with Crippen molar-refractivity contribution in [2.75, 3.05) is 29.5 Å². The summed E-state index contributed by atoms with van der Waals surface area (Å²) >= 11 is 2.03. The highest BCUT2D eigenvalue weighted by Crippen LogP contribution is 2.18. The molecule has 0 saturated carbocycles. The standard InChI is InChI=1S/C12H19N3S/c1-10(13)11-3-4-12(14-9-11)15-5-2-7-16-8-6-15/h3-4,9-10H,2,5-8,13H2,1H3. The van der Waals surface area contributed by atoms with Gasteiger partial charge in [0.2, 0.25) is 0 Å². The summed E-state index contributed by atoms with van der Waals surface area (Å²) in [7, 11) is 0. The van der Waals surface area contributed by atoms with Crippen molar-refractivity contribution in [1.29, 1.82) is 0 Å². The third-order valence-electron chi connectivity index (χ3n) is 2.84. The number of thioether (sulfide) groups is 1. The van der Waals surface area contributed by atoms with Gasteiger partial charge in [-0.2, -0.15) is 11.8 Å². The van der Waals surface area contributed by atoms with Crippen molar-refractivity contribution in [3.8, 4) is 0 Å². The molecule has 2 N–H and O–H groups in total. The molecular formula is C12H19N3S. The van der Waals surface area contributed by atoms with Gasteiger partial charge in [0.25, 0.3) is 0 Å². The fraction of sp³-hybridized carbons (Fsp3) is 0.583. The molecule has 0 amide bonds.